The second kappa shape index (κ2) is 8.59. The molecule has 0 saturated carbocycles. The molecule has 0 bridgehead atoms. The van der Waals surface area contributed by atoms with Crippen LogP contribution in [0.5, 0.6) is 0 Å². The van der Waals surface area contributed by atoms with E-state index in [1.807, 2.05) is 18.2 Å². The van der Waals surface area contributed by atoms with E-state index in [2.05, 4.69) is 0 Å². The molecule has 0 radical (unpaired) electrons. The highest BCUT2D eigenvalue weighted by molar-refractivity contribution is 7.83. The molecule has 156 valence electrons. The van der Waals surface area contributed by atoms with E-state index < -0.39 is 22.8 Å². The zero-order valence-corrected chi connectivity index (χ0v) is 17.6. The Morgan fingerprint density at radius 3 is 2.41 bits per heavy atom. The van der Waals surface area contributed by atoms with Crippen molar-refractivity contribution in [2.24, 2.45) is 0 Å². The summed E-state index contributed by atoms with van der Waals surface area (Å²) < 4.78 is 28.1. The van der Waals surface area contributed by atoms with Crippen LogP contribution in [0.2, 0.25) is 0 Å². The average Bonchev–Trinajstić information content (AvgIpc) is 2.67. The molecule has 1 fully saturated rings. The van der Waals surface area contributed by atoms with E-state index in [0.717, 1.165) is 0 Å². The summed E-state index contributed by atoms with van der Waals surface area (Å²) in [6.45, 7) is 7.32. The fourth-order valence-corrected chi connectivity index (χ4v) is 4.80. The van der Waals surface area contributed by atoms with Crippen LogP contribution in [-0.4, -0.2) is 61.8 Å². The predicted octanol–water partition coefficient (Wildman–Crippen LogP) is 2.74. The number of hydrogen-bond acceptors (Lipinski definition) is 3. The minimum absolute atomic E-state index is 0.0131. The quantitative estimate of drug-likeness (QED) is 0.807. The Bertz CT molecular complexity index is 984. The molecular weight excluding hydrogens is 395 g/mol. The zero-order chi connectivity index (χ0) is 21.3. The molecule has 8 heteroatoms. The number of nitrogens with zero attached hydrogens (tertiary/aromatic N) is 2. The fourth-order valence-electron chi connectivity index (χ4n) is 3.68. The Hall–Kier alpha value is -2.32. The maximum Gasteiger partial charge on any atom is 0.307 e. The molecule has 1 saturated heterocycles. The van der Waals surface area contributed by atoms with Crippen molar-refractivity contribution in [3.8, 4) is 0 Å². The van der Waals surface area contributed by atoms with Crippen molar-refractivity contribution in [2.45, 2.75) is 32.4 Å². The molecule has 6 nitrogen and oxygen atoms in total. The smallest absolute Gasteiger partial charge is 0.307 e. The van der Waals surface area contributed by atoms with Crippen molar-refractivity contribution in [2.75, 3.05) is 26.2 Å². The van der Waals surface area contributed by atoms with Gasteiger partial charge in [0.15, 0.2) is 0 Å². The van der Waals surface area contributed by atoms with E-state index >= 15 is 0 Å². The molecule has 2 aromatic carbocycles. The lowest BCUT2D eigenvalue weighted by molar-refractivity contribution is -0.136. The van der Waals surface area contributed by atoms with Crippen LogP contribution in [0.1, 0.15) is 35.3 Å². The van der Waals surface area contributed by atoms with Gasteiger partial charge in [-0.1, -0.05) is 12.1 Å². The van der Waals surface area contributed by atoms with Crippen LogP contribution in [0.4, 0.5) is 4.39 Å². The van der Waals surface area contributed by atoms with E-state index in [9.17, 15) is 23.3 Å². The number of aliphatic carboxylic acids is 1. The Morgan fingerprint density at radius 1 is 1.17 bits per heavy atom. The maximum atomic E-state index is 13.9. The second-order valence-corrected chi connectivity index (χ2v) is 9.53. The van der Waals surface area contributed by atoms with Gasteiger partial charge < -0.3 is 10.0 Å². The fraction of sp³-hybridized carbons (Fsp3) is 0.429. The summed E-state index contributed by atoms with van der Waals surface area (Å²) in [5.41, 5.74) is 1.44. The molecular formula is C21H25FN2O4S. The van der Waals surface area contributed by atoms with Crippen molar-refractivity contribution in [1.29, 1.82) is 0 Å². The highest BCUT2D eigenvalue weighted by Gasteiger charge is 2.28. The third-order valence-electron chi connectivity index (χ3n) is 5.21. The molecule has 1 amide bonds. The largest absolute Gasteiger partial charge is 0.481 e. The first-order chi connectivity index (χ1) is 13.7. The van der Waals surface area contributed by atoms with E-state index in [4.69, 9.17) is 0 Å². The number of carbonyl (C=O) groups excluding carboxylic acids is 1. The topological polar surface area (TPSA) is 77.9 Å². The average molecular weight is 421 g/mol. The zero-order valence-electron chi connectivity index (χ0n) is 16.8. The molecule has 1 aliphatic heterocycles. The minimum Gasteiger partial charge on any atom is -0.481 e. The molecule has 3 rings (SSSR count). The van der Waals surface area contributed by atoms with Crippen molar-refractivity contribution in [3.05, 3.63) is 46.8 Å². The lowest BCUT2D eigenvalue weighted by Gasteiger charge is -2.35. The summed E-state index contributed by atoms with van der Waals surface area (Å²) in [7, 11) is -1.09. The van der Waals surface area contributed by atoms with Crippen molar-refractivity contribution < 1.29 is 23.3 Å². The molecule has 0 spiro atoms. The van der Waals surface area contributed by atoms with Gasteiger partial charge in [-0.25, -0.2) is 12.9 Å². The number of carboxylic acids is 1. The lowest BCUT2D eigenvalue weighted by Crippen LogP contribution is -2.50. The van der Waals surface area contributed by atoms with Crippen LogP contribution in [-0.2, 0) is 22.2 Å². The van der Waals surface area contributed by atoms with Crippen LogP contribution in [0, 0.1) is 12.7 Å². The van der Waals surface area contributed by atoms with E-state index in [0.29, 0.717) is 53.6 Å². The first-order valence-corrected chi connectivity index (χ1v) is 10.7. The normalized spacial score (nSPS) is 16.4. The van der Waals surface area contributed by atoms with Crippen molar-refractivity contribution in [3.63, 3.8) is 0 Å². The maximum absolute atomic E-state index is 13.9. The highest BCUT2D eigenvalue weighted by atomic mass is 32.2. The summed E-state index contributed by atoms with van der Waals surface area (Å²) in [6.07, 6.45) is -0.208. The molecule has 2 aromatic rings. The van der Waals surface area contributed by atoms with Gasteiger partial charge >= 0.3 is 5.97 Å². The van der Waals surface area contributed by atoms with Gasteiger partial charge in [0.2, 0.25) is 0 Å². The molecule has 1 heterocycles. The van der Waals surface area contributed by atoms with Gasteiger partial charge in [0, 0.05) is 31.4 Å². The summed E-state index contributed by atoms with van der Waals surface area (Å²) in [5, 5.41) is 10.4. The monoisotopic (exact) mass is 420 g/mol. The third-order valence-corrected chi connectivity index (χ3v) is 6.89. The van der Waals surface area contributed by atoms with Crippen LogP contribution >= 0.6 is 0 Å². The number of carboxylic acid groups (broad SMARTS) is 1. The predicted molar refractivity (Wildman–Crippen MR) is 111 cm³/mol. The van der Waals surface area contributed by atoms with E-state index in [-0.39, 0.29) is 17.6 Å². The van der Waals surface area contributed by atoms with Gasteiger partial charge in [-0.05, 0) is 54.8 Å². The van der Waals surface area contributed by atoms with Crippen LogP contribution < -0.4 is 0 Å². The number of rotatable bonds is 5. The number of halogens is 1. The Labute approximate surface area is 171 Å². The lowest BCUT2D eigenvalue weighted by atomic mass is 9.92. The van der Waals surface area contributed by atoms with Crippen LogP contribution in [0.15, 0.2) is 24.3 Å². The molecule has 0 aliphatic carbocycles. The molecule has 29 heavy (non-hydrogen) atoms. The van der Waals surface area contributed by atoms with E-state index in [1.165, 1.54) is 12.1 Å². The first kappa shape index (κ1) is 21.4. The first-order valence-electron chi connectivity index (χ1n) is 9.57. The molecule has 1 unspecified atom stereocenters. The Kier molecular flexibility index (Phi) is 6.33. The third kappa shape index (κ3) is 4.48. The summed E-state index contributed by atoms with van der Waals surface area (Å²) in [5.74, 6) is -1.69. The van der Waals surface area contributed by atoms with Crippen molar-refractivity contribution in [1.82, 2.24) is 9.21 Å². The molecule has 1 atom stereocenters. The summed E-state index contributed by atoms with van der Waals surface area (Å²) >= 11 is 0. The van der Waals surface area contributed by atoms with Crippen molar-refractivity contribution >= 4 is 33.6 Å². The van der Waals surface area contributed by atoms with Gasteiger partial charge in [0.1, 0.15) is 5.82 Å². The van der Waals surface area contributed by atoms with Crippen LogP contribution in [0.25, 0.3) is 10.8 Å². The minimum atomic E-state index is -1.09. The Morgan fingerprint density at radius 2 is 1.83 bits per heavy atom. The van der Waals surface area contributed by atoms with Gasteiger partial charge in [0.25, 0.3) is 5.91 Å². The van der Waals surface area contributed by atoms with Gasteiger partial charge in [-0.3, -0.25) is 9.59 Å². The van der Waals surface area contributed by atoms with Gasteiger partial charge in [-0.15, -0.1) is 0 Å². The molecule has 0 aromatic heterocycles. The number of amides is 1. The SMILES string of the molecule is Cc1c(CC(=O)O)cc2ccc(F)cc2c1C(=O)N1CCN(S(=O)C(C)C)CC1. The molecule has 1 aliphatic rings. The van der Waals surface area contributed by atoms with Gasteiger partial charge in [0.05, 0.1) is 23.0 Å². The number of carbonyl (C=O) groups is 2. The second-order valence-electron chi connectivity index (χ2n) is 7.52. The number of piperazine rings is 1. The summed E-state index contributed by atoms with van der Waals surface area (Å²) in [4.78, 5) is 26.3. The van der Waals surface area contributed by atoms with Gasteiger partial charge in [-0.2, -0.15) is 0 Å². The standard InChI is InChI=1S/C21H25FN2O4S/c1-13(2)29(28)24-8-6-23(7-9-24)21(27)20-14(3)16(11-19(25)26)10-15-4-5-17(22)12-18(15)20/h4-5,10,12-13H,6-9,11H2,1-3H3,(H,25,26). The number of hydrogen-bond donors (Lipinski definition) is 1. The van der Waals surface area contributed by atoms with Crippen LogP contribution in [0.3, 0.4) is 0 Å². The highest BCUT2D eigenvalue weighted by Crippen LogP contribution is 2.29. The Balaban J connectivity index is 1.96. The summed E-state index contributed by atoms with van der Waals surface area (Å²) in [6, 6.07) is 5.90. The molecule has 1 N–H and O–H groups in total. The number of benzene rings is 2. The van der Waals surface area contributed by atoms with E-state index in [1.54, 1.807) is 24.0 Å². The number of fused-ring (bicyclic) bond motifs is 1.